The molecule has 2 atom stereocenters. The minimum absolute atomic E-state index is 0.643. The van der Waals surface area contributed by atoms with E-state index in [9.17, 15) is 0 Å². The van der Waals surface area contributed by atoms with Gasteiger partial charge in [-0.25, -0.2) is 0 Å². The molecule has 2 aromatic rings. The van der Waals surface area contributed by atoms with Crippen molar-refractivity contribution in [2.45, 2.75) is 31.3 Å². The summed E-state index contributed by atoms with van der Waals surface area (Å²) in [4.78, 5) is 0. The highest BCUT2D eigenvalue weighted by Gasteiger charge is 2.37. The molecule has 0 amide bonds. The highest BCUT2D eigenvalue weighted by Crippen LogP contribution is 2.40. The molecule has 0 radical (unpaired) electrons. The quantitative estimate of drug-likeness (QED) is 0.814. The number of rotatable bonds is 7. The van der Waals surface area contributed by atoms with Gasteiger partial charge in [0.15, 0.2) is 0 Å². The Labute approximate surface area is 127 Å². The lowest BCUT2D eigenvalue weighted by atomic mass is 10.0. The fourth-order valence-corrected chi connectivity index (χ4v) is 2.96. The summed E-state index contributed by atoms with van der Waals surface area (Å²) in [5.41, 5.74) is 4.36. The lowest BCUT2D eigenvalue weighted by Gasteiger charge is -2.10. The monoisotopic (exact) mass is 280 g/mol. The smallest absolute Gasteiger partial charge is 0.0211 e. The van der Waals surface area contributed by atoms with E-state index in [2.05, 4.69) is 65.2 Å². The minimum Gasteiger partial charge on any atom is -0.319 e. The second-order valence-corrected chi connectivity index (χ2v) is 5.86. The lowest BCUT2D eigenvalue weighted by Crippen LogP contribution is -2.19. The first-order valence-electron chi connectivity index (χ1n) is 7.88. The number of hydrogen-bond donors (Lipinski definition) is 2. The molecule has 2 unspecified atom stereocenters. The third-order valence-corrected chi connectivity index (χ3v) is 4.34. The van der Waals surface area contributed by atoms with Crippen LogP contribution in [0.5, 0.6) is 0 Å². The molecule has 0 spiro atoms. The van der Waals surface area contributed by atoms with Crippen LogP contribution in [-0.2, 0) is 13.0 Å². The van der Waals surface area contributed by atoms with Gasteiger partial charge in [-0.15, -0.1) is 0 Å². The molecule has 1 saturated carbocycles. The molecule has 1 aliphatic rings. The molecule has 0 heterocycles. The summed E-state index contributed by atoms with van der Waals surface area (Å²) >= 11 is 0. The van der Waals surface area contributed by atoms with Gasteiger partial charge in [0.2, 0.25) is 0 Å². The standard InChI is InChI=1S/C19H24N2/c1-20-12-11-15-7-5-6-10-17(15)14-21-19-13-18(19)16-8-3-2-4-9-16/h2-10,18-21H,11-14H2,1H3. The molecule has 3 rings (SSSR count). The lowest BCUT2D eigenvalue weighted by molar-refractivity contribution is 0.665. The van der Waals surface area contributed by atoms with Crippen LogP contribution < -0.4 is 10.6 Å². The molecule has 21 heavy (non-hydrogen) atoms. The molecule has 110 valence electrons. The van der Waals surface area contributed by atoms with Gasteiger partial charge >= 0.3 is 0 Å². The highest BCUT2D eigenvalue weighted by molar-refractivity contribution is 5.30. The average Bonchev–Trinajstić information content (AvgIpc) is 3.32. The maximum atomic E-state index is 3.72. The molecule has 0 bridgehead atoms. The van der Waals surface area contributed by atoms with E-state index >= 15 is 0 Å². The van der Waals surface area contributed by atoms with Crippen LogP contribution in [-0.4, -0.2) is 19.6 Å². The van der Waals surface area contributed by atoms with Crippen molar-refractivity contribution in [1.29, 1.82) is 0 Å². The topological polar surface area (TPSA) is 24.1 Å². The highest BCUT2D eigenvalue weighted by atomic mass is 15.0. The molecule has 0 saturated heterocycles. The fourth-order valence-electron chi connectivity index (χ4n) is 2.96. The van der Waals surface area contributed by atoms with Crippen LogP contribution in [0.4, 0.5) is 0 Å². The number of likely N-dealkylation sites (N-methyl/N-ethyl adjacent to an activating group) is 1. The number of benzene rings is 2. The van der Waals surface area contributed by atoms with Crippen LogP contribution in [0.1, 0.15) is 29.0 Å². The Morgan fingerprint density at radius 3 is 2.43 bits per heavy atom. The first-order chi connectivity index (χ1) is 10.4. The Balaban J connectivity index is 1.55. The van der Waals surface area contributed by atoms with Gasteiger partial charge in [-0.05, 0) is 43.1 Å². The van der Waals surface area contributed by atoms with E-state index in [1.807, 2.05) is 7.05 Å². The fraction of sp³-hybridized carbons (Fsp3) is 0.368. The van der Waals surface area contributed by atoms with Gasteiger partial charge in [-0.3, -0.25) is 0 Å². The van der Waals surface area contributed by atoms with Crippen LogP contribution in [0, 0.1) is 0 Å². The maximum Gasteiger partial charge on any atom is 0.0211 e. The zero-order valence-corrected chi connectivity index (χ0v) is 12.7. The van der Waals surface area contributed by atoms with E-state index < -0.39 is 0 Å². The van der Waals surface area contributed by atoms with Crippen molar-refractivity contribution in [1.82, 2.24) is 10.6 Å². The summed E-state index contributed by atoms with van der Waals surface area (Å²) in [6, 6.07) is 20.3. The van der Waals surface area contributed by atoms with Crippen molar-refractivity contribution >= 4 is 0 Å². The van der Waals surface area contributed by atoms with Crippen molar-refractivity contribution in [2.75, 3.05) is 13.6 Å². The largest absolute Gasteiger partial charge is 0.319 e. The molecular weight excluding hydrogens is 256 g/mol. The zero-order chi connectivity index (χ0) is 14.5. The summed E-state index contributed by atoms with van der Waals surface area (Å²) < 4.78 is 0. The van der Waals surface area contributed by atoms with Gasteiger partial charge in [0.25, 0.3) is 0 Å². The van der Waals surface area contributed by atoms with Gasteiger partial charge in [0.1, 0.15) is 0 Å². The SMILES string of the molecule is CNCCc1ccccc1CNC1CC1c1ccccc1. The summed E-state index contributed by atoms with van der Waals surface area (Å²) in [5, 5.41) is 6.95. The Morgan fingerprint density at radius 2 is 1.67 bits per heavy atom. The van der Waals surface area contributed by atoms with Gasteiger partial charge in [0, 0.05) is 18.5 Å². The Morgan fingerprint density at radius 1 is 0.952 bits per heavy atom. The second kappa shape index (κ2) is 6.88. The average molecular weight is 280 g/mol. The van der Waals surface area contributed by atoms with Gasteiger partial charge in [-0.2, -0.15) is 0 Å². The molecule has 2 heteroatoms. The van der Waals surface area contributed by atoms with Gasteiger partial charge < -0.3 is 10.6 Å². The van der Waals surface area contributed by atoms with Gasteiger partial charge in [0.05, 0.1) is 0 Å². The Hall–Kier alpha value is -1.64. The third-order valence-electron chi connectivity index (χ3n) is 4.34. The van der Waals surface area contributed by atoms with E-state index in [1.54, 1.807) is 0 Å². The van der Waals surface area contributed by atoms with Crippen LogP contribution in [0.25, 0.3) is 0 Å². The Kier molecular flexibility index (Phi) is 4.69. The van der Waals surface area contributed by atoms with Crippen molar-refractivity contribution < 1.29 is 0 Å². The van der Waals surface area contributed by atoms with Crippen LogP contribution in [0.15, 0.2) is 54.6 Å². The predicted molar refractivity (Wildman–Crippen MR) is 88.5 cm³/mol. The van der Waals surface area contributed by atoms with Crippen molar-refractivity contribution in [3.05, 3.63) is 71.3 Å². The first kappa shape index (κ1) is 14.3. The second-order valence-electron chi connectivity index (χ2n) is 5.86. The normalized spacial score (nSPS) is 20.4. The number of hydrogen-bond acceptors (Lipinski definition) is 2. The van der Waals surface area contributed by atoms with Gasteiger partial charge in [-0.1, -0.05) is 54.6 Å². The molecule has 1 aliphatic carbocycles. The van der Waals surface area contributed by atoms with Crippen LogP contribution in [0.3, 0.4) is 0 Å². The van der Waals surface area contributed by atoms with E-state index in [4.69, 9.17) is 0 Å². The summed E-state index contributed by atoms with van der Waals surface area (Å²) in [5.74, 6) is 0.704. The van der Waals surface area contributed by atoms with E-state index in [1.165, 1.54) is 23.1 Å². The van der Waals surface area contributed by atoms with Crippen LogP contribution in [0.2, 0.25) is 0 Å². The molecule has 2 N–H and O–H groups in total. The molecule has 0 aliphatic heterocycles. The maximum absolute atomic E-state index is 3.72. The molecule has 0 aromatic heterocycles. The molecular formula is C19H24N2. The van der Waals surface area contributed by atoms with E-state index in [0.29, 0.717) is 12.0 Å². The predicted octanol–water partition coefficient (Wildman–Crippen LogP) is 3.09. The minimum atomic E-state index is 0.643. The van der Waals surface area contributed by atoms with E-state index in [-0.39, 0.29) is 0 Å². The van der Waals surface area contributed by atoms with Crippen molar-refractivity contribution in [2.24, 2.45) is 0 Å². The Bertz CT molecular complexity index is 565. The summed E-state index contributed by atoms with van der Waals surface area (Å²) in [7, 11) is 2.01. The zero-order valence-electron chi connectivity index (χ0n) is 12.7. The third kappa shape index (κ3) is 3.72. The molecule has 2 aromatic carbocycles. The molecule has 2 nitrogen and oxygen atoms in total. The molecule has 1 fully saturated rings. The summed E-state index contributed by atoms with van der Waals surface area (Å²) in [6.07, 6.45) is 2.36. The number of nitrogens with one attached hydrogen (secondary N) is 2. The first-order valence-corrected chi connectivity index (χ1v) is 7.88. The van der Waals surface area contributed by atoms with Crippen molar-refractivity contribution in [3.8, 4) is 0 Å². The summed E-state index contributed by atoms with van der Waals surface area (Å²) in [6.45, 7) is 2.01. The van der Waals surface area contributed by atoms with Crippen LogP contribution >= 0.6 is 0 Å². The van der Waals surface area contributed by atoms with E-state index in [0.717, 1.165) is 19.5 Å². The van der Waals surface area contributed by atoms with Crippen molar-refractivity contribution in [3.63, 3.8) is 0 Å².